The summed E-state index contributed by atoms with van der Waals surface area (Å²) >= 11 is 0. The van der Waals surface area contributed by atoms with E-state index in [4.69, 9.17) is 4.43 Å². The summed E-state index contributed by atoms with van der Waals surface area (Å²) in [5.74, 6) is 8.95. The zero-order valence-electron chi connectivity index (χ0n) is 23.0. The Morgan fingerprint density at radius 3 is 2.53 bits per heavy atom. The Kier molecular flexibility index (Phi) is 6.81. The Balaban J connectivity index is 1.41. The Bertz CT molecular complexity index is 863. The molecule has 0 aromatic heterocycles. The molecule has 0 radical (unpaired) electrons. The van der Waals surface area contributed by atoms with Gasteiger partial charge < -0.3 is 14.6 Å². The molecule has 34 heavy (non-hydrogen) atoms. The molecule has 4 rings (SSSR count). The van der Waals surface area contributed by atoms with Gasteiger partial charge in [-0.1, -0.05) is 45.1 Å². The SMILES string of the molecule is C=C1[C@@H](O)C[C@@H]2C[C@]12C#C[C@]1(O)CCC[C@]2(C)[C@@H]([C@H](C)CCCC(C)(C)O[Si](C)(C)C)CC[C@H]21. The maximum absolute atomic E-state index is 11.9. The Hall–Kier alpha value is -0.603. The Morgan fingerprint density at radius 2 is 1.91 bits per heavy atom. The minimum Gasteiger partial charge on any atom is -0.413 e. The van der Waals surface area contributed by atoms with E-state index in [9.17, 15) is 10.2 Å². The Morgan fingerprint density at radius 1 is 1.21 bits per heavy atom. The van der Waals surface area contributed by atoms with Gasteiger partial charge in [0.15, 0.2) is 8.32 Å². The van der Waals surface area contributed by atoms with Gasteiger partial charge in [0.05, 0.1) is 17.1 Å². The topological polar surface area (TPSA) is 49.7 Å². The molecule has 0 unspecified atom stereocenters. The van der Waals surface area contributed by atoms with E-state index in [0.717, 1.165) is 44.1 Å². The minimum absolute atomic E-state index is 0.0368. The van der Waals surface area contributed by atoms with Crippen LogP contribution in [0, 0.1) is 46.3 Å². The number of hydrogen-bond donors (Lipinski definition) is 2. The summed E-state index contributed by atoms with van der Waals surface area (Å²) < 4.78 is 6.43. The van der Waals surface area contributed by atoms with Crippen molar-refractivity contribution >= 4 is 8.32 Å². The maximum atomic E-state index is 11.9. The molecule has 4 fully saturated rings. The molecule has 0 aromatic rings. The predicted octanol–water partition coefficient (Wildman–Crippen LogP) is 6.70. The zero-order chi connectivity index (χ0) is 25.2. The van der Waals surface area contributed by atoms with E-state index in [-0.39, 0.29) is 22.3 Å². The van der Waals surface area contributed by atoms with E-state index in [2.05, 4.69) is 65.8 Å². The lowest BCUT2D eigenvalue weighted by Gasteiger charge is -2.49. The summed E-state index contributed by atoms with van der Waals surface area (Å²) in [6.45, 7) is 20.4. The fourth-order valence-electron chi connectivity index (χ4n) is 8.51. The molecule has 4 aliphatic rings. The molecule has 4 saturated carbocycles. The summed E-state index contributed by atoms with van der Waals surface area (Å²) in [6, 6.07) is 0. The first-order valence-corrected chi connectivity index (χ1v) is 17.4. The number of aliphatic hydroxyl groups excluding tert-OH is 1. The number of rotatable bonds is 7. The smallest absolute Gasteiger partial charge is 0.184 e. The van der Waals surface area contributed by atoms with Crippen molar-refractivity contribution in [1.29, 1.82) is 0 Å². The van der Waals surface area contributed by atoms with Gasteiger partial charge in [0, 0.05) is 5.92 Å². The molecule has 0 aliphatic heterocycles. The molecule has 192 valence electrons. The van der Waals surface area contributed by atoms with Gasteiger partial charge >= 0.3 is 0 Å². The van der Waals surface area contributed by atoms with Crippen LogP contribution in [0.2, 0.25) is 19.6 Å². The normalized spacial score (nSPS) is 42.6. The average molecular weight is 487 g/mol. The molecular formula is C30H50O3Si. The van der Waals surface area contributed by atoms with Gasteiger partial charge in [0.2, 0.25) is 0 Å². The molecule has 0 heterocycles. The second-order valence-electron chi connectivity index (χ2n) is 14.3. The van der Waals surface area contributed by atoms with Crippen LogP contribution in [-0.2, 0) is 4.43 Å². The molecule has 0 saturated heterocycles. The van der Waals surface area contributed by atoms with E-state index >= 15 is 0 Å². The van der Waals surface area contributed by atoms with Crippen LogP contribution in [-0.4, -0.2) is 35.8 Å². The highest BCUT2D eigenvalue weighted by Crippen LogP contribution is 2.66. The van der Waals surface area contributed by atoms with Crippen LogP contribution in [0.25, 0.3) is 0 Å². The highest BCUT2D eigenvalue weighted by atomic mass is 28.4. The molecule has 4 heteroatoms. The molecular weight excluding hydrogens is 436 g/mol. The second kappa shape index (κ2) is 8.75. The lowest BCUT2D eigenvalue weighted by atomic mass is 9.57. The van der Waals surface area contributed by atoms with Crippen molar-refractivity contribution in [2.45, 2.75) is 129 Å². The lowest BCUT2D eigenvalue weighted by molar-refractivity contribution is -0.0718. The predicted molar refractivity (Wildman–Crippen MR) is 143 cm³/mol. The van der Waals surface area contributed by atoms with Gasteiger partial charge in [-0.15, -0.1) is 0 Å². The minimum atomic E-state index is -1.54. The molecule has 0 bridgehead atoms. The summed E-state index contributed by atoms with van der Waals surface area (Å²) in [7, 11) is -1.54. The van der Waals surface area contributed by atoms with Crippen molar-refractivity contribution in [2.24, 2.45) is 34.5 Å². The van der Waals surface area contributed by atoms with Crippen LogP contribution in [0.1, 0.15) is 91.9 Å². The molecule has 2 N–H and O–H groups in total. The van der Waals surface area contributed by atoms with Crippen molar-refractivity contribution in [1.82, 2.24) is 0 Å². The van der Waals surface area contributed by atoms with Gasteiger partial charge in [-0.25, -0.2) is 0 Å². The third-order valence-corrected chi connectivity index (χ3v) is 11.2. The molecule has 4 aliphatic carbocycles. The first kappa shape index (κ1) is 26.5. The zero-order valence-corrected chi connectivity index (χ0v) is 24.0. The number of aliphatic hydroxyl groups is 2. The highest BCUT2D eigenvalue weighted by Gasteiger charge is 2.63. The fraction of sp³-hybridized carbons (Fsp3) is 0.867. The third-order valence-electron chi connectivity index (χ3n) is 10.1. The van der Waals surface area contributed by atoms with Gasteiger partial charge in [-0.2, -0.15) is 0 Å². The summed E-state index contributed by atoms with van der Waals surface area (Å²) in [5, 5.41) is 22.1. The van der Waals surface area contributed by atoms with Crippen LogP contribution < -0.4 is 0 Å². The van der Waals surface area contributed by atoms with E-state index in [1.165, 1.54) is 25.7 Å². The second-order valence-corrected chi connectivity index (χ2v) is 18.7. The maximum Gasteiger partial charge on any atom is 0.184 e. The van der Waals surface area contributed by atoms with Crippen molar-refractivity contribution in [3.63, 3.8) is 0 Å². The quantitative estimate of drug-likeness (QED) is 0.239. The van der Waals surface area contributed by atoms with Gasteiger partial charge in [0.25, 0.3) is 0 Å². The van der Waals surface area contributed by atoms with Crippen LogP contribution >= 0.6 is 0 Å². The van der Waals surface area contributed by atoms with Crippen molar-refractivity contribution < 1.29 is 14.6 Å². The molecule has 3 nitrogen and oxygen atoms in total. The molecule has 8 atom stereocenters. The average Bonchev–Trinajstić information content (AvgIpc) is 3.17. The Labute approximate surface area is 210 Å². The van der Waals surface area contributed by atoms with E-state index in [1.54, 1.807) is 0 Å². The largest absolute Gasteiger partial charge is 0.413 e. The van der Waals surface area contributed by atoms with Crippen molar-refractivity contribution in [3.05, 3.63) is 12.2 Å². The van der Waals surface area contributed by atoms with Crippen LogP contribution in [0.15, 0.2) is 12.2 Å². The summed E-state index contributed by atoms with van der Waals surface area (Å²) in [5.41, 5.74) is -0.0711. The molecule has 0 spiro atoms. The van der Waals surface area contributed by atoms with Gasteiger partial charge in [0.1, 0.15) is 5.60 Å². The lowest BCUT2D eigenvalue weighted by Crippen LogP contribution is -2.49. The summed E-state index contributed by atoms with van der Waals surface area (Å²) in [6.07, 6.45) is 10.3. The monoisotopic (exact) mass is 486 g/mol. The van der Waals surface area contributed by atoms with E-state index in [0.29, 0.717) is 17.8 Å². The standard InChI is InChI=1S/C30H50O3Si/c1-21(11-9-14-27(3,4)33-34(6,7)8)24-12-13-26-28(24,5)15-10-16-30(26,32)18-17-29-20-23(29)19-25(31)22(29)2/h21,23-26,31-32H,2,9-16,19-20H2,1,3-8H3/t21-,23-,24-,25+,26-,28-,29-,30-/m1/s1. The van der Waals surface area contributed by atoms with Crippen LogP contribution in [0.3, 0.4) is 0 Å². The van der Waals surface area contributed by atoms with E-state index in [1.807, 2.05) is 0 Å². The first-order chi connectivity index (χ1) is 15.6. The number of fused-ring (bicyclic) bond motifs is 2. The number of hydrogen-bond acceptors (Lipinski definition) is 3. The molecule has 0 aromatic carbocycles. The van der Waals surface area contributed by atoms with Crippen molar-refractivity contribution in [2.75, 3.05) is 0 Å². The van der Waals surface area contributed by atoms with Crippen molar-refractivity contribution in [3.8, 4) is 11.8 Å². The van der Waals surface area contributed by atoms with Crippen LogP contribution in [0.4, 0.5) is 0 Å². The summed E-state index contributed by atoms with van der Waals surface area (Å²) in [4.78, 5) is 0. The first-order valence-electron chi connectivity index (χ1n) is 14.0. The highest BCUT2D eigenvalue weighted by molar-refractivity contribution is 6.69. The van der Waals surface area contributed by atoms with Gasteiger partial charge in [-0.05, 0) is 114 Å². The third kappa shape index (κ3) is 4.84. The fourth-order valence-corrected chi connectivity index (χ4v) is 10.3. The van der Waals surface area contributed by atoms with Crippen LogP contribution in [0.5, 0.6) is 0 Å². The van der Waals surface area contributed by atoms with E-state index < -0.39 is 20.0 Å². The molecule has 0 amide bonds. The van der Waals surface area contributed by atoms with Gasteiger partial charge in [-0.3, -0.25) is 0 Å².